The molecule has 0 spiro atoms. The van der Waals surface area contributed by atoms with Crippen LogP contribution in [-0.4, -0.2) is 106 Å². The van der Waals surface area contributed by atoms with E-state index in [0.717, 1.165) is 0 Å². The van der Waals surface area contributed by atoms with Gasteiger partial charge in [-0.15, -0.1) is 0 Å². The normalized spacial score (nSPS) is 23.7. The van der Waals surface area contributed by atoms with Crippen LogP contribution in [0.4, 0.5) is 5.82 Å². The summed E-state index contributed by atoms with van der Waals surface area (Å²) in [6.45, 7) is 21.3. The van der Waals surface area contributed by atoms with Gasteiger partial charge in [-0.05, 0) is 22.2 Å². The summed E-state index contributed by atoms with van der Waals surface area (Å²) in [7, 11) is -5.91. The van der Waals surface area contributed by atoms with Crippen LogP contribution < -0.4 is 5.32 Å². The molecule has 1 N–H and O–H groups in total. The highest BCUT2D eigenvalue weighted by Crippen LogP contribution is 2.49. The maximum absolute atomic E-state index is 11.9. The van der Waals surface area contributed by atoms with Crippen molar-refractivity contribution in [1.29, 1.82) is 0 Å². The molecule has 0 radical (unpaired) electrons. The molecule has 2 aromatic heterocycles. The van der Waals surface area contributed by atoms with Gasteiger partial charge in [-0.2, -0.15) is 0 Å². The lowest BCUT2D eigenvalue weighted by Crippen LogP contribution is -2.66. The number of amides is 1. The smallest absolute Gasteiger partial charge is 0.335 e. The Labute approximate surface area is 302 Å². The molecule has 51 heavy (non-hydrogen) atoms. The Morgan fingerprint density at radius 2 is 1.61 bits per heavy atom. The van der Waals surface area contributed by atoms with Crippen LogP contribution in [-0.2, 0) is 51.0 Å². The van der Waals surface area contributed by atoms with E-state index in [1.807, 2.05) is 0 Å². The molecule has 2 aliphatic heterocycles. The van der Waals surface area contributed by atoms with Crippen molar-refractivity contribution in [2.45, 2.75) is 135 Å². The highest BCUT2D eigenvalue weighted by atomic mass is 28.5. The van der Waals surface area contributed by atoms with Gasteiger partial charge in [0, 0.05) is 27.2 Å². The number of nitrogens with one attached hydrogen (secondary N) is 1. The van der Waals surface area contributed by atoms with Gasteiger partial charge < -0.3 is 42.0 Å². The Balaban J connectivity index is 1.69. The van der Waals surface area contributed by atoms with Crippen LogP contribution in [0.1, 0.15) is 88.8 Å². The van der Waals surface area contributed by atoms with Crippen molar-refractivity contribution in [3.05, 3.63) is 12.7 Å². The largest absolute Gasteiger partial charge is 0.462 e. The highest BCUT2D eigenvalue weighted by molar-refractivity contribution is 6.84. The van der Waals surface area contributed by atoms with Crippen LogP contribution in [0.2, 0.25) is 22.2 Å². The summed E-state index contributed by atoms with van der Waals surface area (Å²) >= 11 is 0. The summed E-state index contributed by atoms with van der Waals surface area (Å²) in [6.07, 6.45) is -0.142. The number of aromatic nitrogens is 4. The number of fused-ring (bicyclic) bond motifs is 2. The van der Waals surface area contributed by atoms with Crippen LogP contribution in [0, 0.1) is 0 Å². The fourth-order valence-electron chi connectivity index (χ4n) is 6.84. The molecule has 0 aliphatic carbocycles. The van der Waals surface area contributed by atoms with E-state index in [-0.39, 0.29) is 66.9 Å². The molecular formula is C33H55N5O11Si2. The summed E-state index contributed by atoms with van der Waals surface area (Å²) in [5.41, 5.74) is 1.25. The Hall–Kier alpha value is -2.85. The van der Waals surface area contributed by atoms with Gasteiger partial charge in [-0.3, -0.25) is 19.0 Å². The number of nitrogens with zero attached hydrogens (tertiary/aromatic N) is 4. The Kier molecular flexibility index (Phi) is 13.9. The first kappa shape index (κ1) is 40.9. The van der Waals surface area contributed by atoms with Crippen molar-refractivity contribution in [1.82, 2.24) is 19.5 Å². The summed E-state index contributed by atoms with van der Waals surface area (Å²) in [4.78, 5) is 48.1. The van der Waals surface area contributed by atoms with Crippen LogP contribution in [0.25, 0.3) is 11.2 Å². The molecule has 2 aliphatic rings. The summed E-state index contributed by atoms with van der Waals surface area (Å²) in [5.74, 6) is -0.986. The Morgan fingerprint density at radius 3 is 2.20 bits per heavy atom. The summed E-state index contributed by atoms with van der Waals surface area (Å²) < 4.78 is 53.0. The molecule has 2 saturated heterocycles. The first-order valence-electron chi connectivity index (χ1n) is 17.6. The molecule has 4 rings (SSSR count). The standard InChI is InChI=1S/C33H55N5O11Si2/c1-19(2)50(20(3)4)45-15-27-29(48-51(49-50,21(5)6)22(7)8)30(44-18-42-13-12-26(46-25(11)41)14-43-24(10)40)33(47-27)38-17-36-28-31(37-23(9)39)34-16-35-32(28)38/h16-17,19-22,26-27,29-30,33H,12-15,18H2,1-11H3,(H,34,35,37,39)/t26?,27-,29?,30+,33-/m1/s1. The van der Waals surface area contributed by atoms with Gasteiger partial charge in [0.05, 0.1) is 19.5 Å². The van der Waals surface area contributed by atoms with E-state index in [2.05, 4.69) is 75.7 Å². The van der Waals surface area contributed by atoms with E-state index in [1.165, 1.54) is 27.1 Å². The zero-order valence-corrected chi connectivity index (χ0v) is 33.7. The van der Waals surface area contributed by atoms with Gasteiger partial charge in [0.2, 0.25) is 5.91 Å². The van der Waals surface area contributed by atoms with Crippen molar-refractivity contribution in [3.8, 4) is 0 Å². The minimum atomic E-state index is -3.06. The maximum atomic E-state index is 11.9. The number of carbonyl (C=O) groups excluding carboxylic acids is 3. The summed E-state index contributed by atoms with van der Waals surface area (Å²) in [6, 6.07) is 0. The number of rotatable bonds is 15. The second-order valence-electron chi connectivity index (χ2n) is 14.3. The first-order valence-corrected chi connectivity index (χ1v) is 21.6. The zero-order valence-electron chi connectivity index (χ0n) is 31.7. The van der Waals surface area contributed by atoms with Gasteiger partial charge in [0.1, 0.15) is 44.1 Å². The SMILES string of the molecule is CC(=O)Nc1ncnc2c1ncn2[C@@H]1O[C@@H]2CO[Si](C(C)C)(C(C)C)O[Si](C(C)C)(C(C)C)OC2[C@@H]1OCOCCC(COC(C)=O)OC(C)=O. The predicted molar refractivity (Wildman–Crippen MR) is 190 cm³/mol. The molecule has 2 unspecified atom stereocenters. The lowest BCUT2D eigenvalue weighted by molar-refractivity contribution is -0.160. The zero-order chi connectivity index (χ0) is 37.7. The fraction of sp³-hybridized carbons (Fsp3) is 0.758. The van der Waals surface area contributed by atoms with E-state index in [4.69, 9.17) is 36.7 Å². The van der Waals surface area contributed by atoms with Gasteiger partial charge in [0.15, 0.2) is 23.2 Å². The lowest BCUT2D eigenvalue weighted by atomic mass is 10.1. The minimum absolute atomic E-state index is 0.0673. The third-order valence-electron chi connectivity index (χ3n) is 9.28. The van der Waals surface area contributed by atoms with E-state index in [9.17, 15) is 14.4 Å². The van der Waals surface area contributed by atoms with E-state index < -0.39 is 59.7 Å². The second kappa shape index (κ2) is 17.3. The molecule has 0 aromatic carbocycles. The van der Waals surface area contributed by atoms with Gasteiger partial charge in [0.25, 0.3) is 0 Å². The third kappa shape index (κ3) is 9.21. The molecule has 2 fully saturated rings. The van der Waals surface area contributed by atoms with Crippen molar-refractivity contribution in [2.75, 3.05) is 31.9 Å². The van der Waals surface area contributed by atoms with Crippen LogP contribution in [0.5, 0.6) is 0 Å². The number of esters is 2. The van der Waals surface area contributed by atoms with Crippen LogP contribution >= 0.6 is 0 Å². The molecule has 5 atom stereocenters. The Morgan fingerprint density at radius 1 is 0.941 bits per heavy atom. The number of hydrogen-bond donors (Lipinski definition) is 1. The molecular weight excluding hydrogens is 699 g/mol. The summed E-state index contributed by atoms with van der Waals surface area (Å²) in [5, 5.41) is 2.71. The molecule has 2 aromatic rings. The van der Waals surface area contributed by atoms with Crippen molar-refractivity contribution in [2.24, 2.45) is 0 Å². The average Bonchev–Trinajstić information content (AvgIpc) is 3.60. The second-order valence-corrected chi connectivity index (χ2v) is 23.2. The predicted octanol–water partition coefficient (Wildman–Crippen LogP) is 4.88. The number of imidazole rings is 1. The van der Waals surface area contributed by atoms with Gasteiger partial charge in [-0.25, -0.2) is 15.0 Å². The molecule has 0 saturated carbocycles. The van der Waals surface area contributed by atoms with Crippen molar-refractivity contribution in [3.63, 3.8) is 0 Å². The van der Waals surface area contributed by atoms with Crippen molar-refractivity contribution >= 4 is 51.9 Å². The van der Waals surface area contributed by atoms with E-state index >= 15 is 0 Å². The number of carbonyl (C=O) groups is 3. The molecule has 4 heterocycles. The monoisotopic (exact) mass is 753 g/mol. The number of ether oxygens (including phenoxy) is 5. The van der Waals surface area contributed by atoms with E-state index in [1.54, 1.807) is 10.9 Å². The molecule has 0 bridgehead atoms. The lowest BCUT2D eigenvalue weighted by Gasteiger charge is -2.51. The highest BCUT2D eigenvalue weighted by Gasteiger charge is 2.62. The van der Waals surface area contributed by atoms with Crippen LogP contribution in [0.15, 0.2) is 12.7 Å². The maximum Gasteiger partial charge on any atom is 0.335 e. The quantitative estimate of drug-likeness (QED) is 0.112. The minimum Gasteiger partial charge on any atom is -0.462 e. The average molecular weight is 754 g/mol. The number of hydrogen-bond acceptors (Lipinski definition) is 14. The van der Waals surface area contributed by atoms with Crippen molar-refractivity contribution < 1.29 is 51.0 Å². The first-order chi connectivity index (χ1) is 24.0. The third-order valence-corrected chi connectivity index (χ3v) is 19.5. The van der Waals surface area contributed by atoms with Gasteiger partial charge in [-0.1, -0.05) is 55.4 Å². The molecule has 286 valence electrons. The van der Waals surface area contributed by atoms with E-state index in [0.29, 0.717) is 11.2 Å². The topological polar surface area (TPSA) is 181 Å². The fourth-order valence-corrected chi connectivity index (χ4v) is 18.0. The van der Waals surface area contributed by atoms with Crippen LogP contribution in [0.3, 0.4) is 0 Å². The molecule has 18 heteroatoms. The Bertz CT molecular complexity index is 1490. The molecule has 16 nitrogen and oxygen atoms in total. The number of anilines is 1. The van der Waals surface area contributed by atoms with Gasteiger partial charge >= 0.3 is 29.1 Å². The molecule has 1 amide bonds.